The lowest BCUT2D eigenvalue weighted by molar-refractivity contribution is -0.129. The molecule has 1 aliphatic heterocycles. The predicted octanol–water partition coefficient (Wildman–Crippen LogP) is 0.861. The number of carbonyl (C=O) groups excluding carboxylic acids is 1. The zero-order valence-electron chi connectivity index (χ0n) is 13.5. The SMILES string of the molecule is CC(=O)N1CCN(c2c(F)cc(N/N=C(\C#N)C(=N)N)cc2F)CC1. The van der Waals surface area contributed by atoms with E-state index >= 15 is 0 Å². The fourth-order valence-electron chi connectivity index (χ4n) is 2.44. The minimum absolute atomic E-state index is 0.0184. The summed E-state index contributed by atoms with van der Waals surface area (Å²) < 4.78 is 28.7. The van der Waals surface area contributed by atoms with Gasteiger partial charge in [-0.1, -0.05) is 0 Å². The minimum Gasteiger partial charge on any atom is -0.382 e. The third-order valence-corrected chi connectivity index (χ3v) is 3.72. The van der Waals surface area contributed by atoms with Crippen molar-refractivity contribution in [3.05, 3.63) is 23.8 Å². The molecule has 1 heterocycles. The second-order valence-electron chi connectivity index (χ2n) is 5.38. The molecule has 1 fully saturated rings. The Kier molecular flexibility index (Phi) is 5.49. The molecule has 0 bridgehead atoms. The molecule has 132 valence electrons. The average Bonchev–Trinajstić information content (AvgIpc) is 2.55. The zero-order chi connectivity index (χ0) is 18.6. The molecule has 10 heteroatoms. The van der Waals surface area contributed by atoms with Gasteiger partial charge in [-0.3, -0.25) is 15.6 Å². The van der Waals surface area contributed by atoms with E-state index in [0.717, 1.165) is 12.1 Å². The van der Waals surface area contributed by atoms with Crippen molar-refractivity contribution in [1.82, 2.24) is 4.90 Å². The fourth-order valence-corrected chi connectivity index (χ4v) is 2.44. The van der Waals surface area contributed by atoms with Crippen molar-refractivity contribution in [2.45, 2.75) is 6.92 Å². The van der Waals surface area contributed by atoms with E-state index in [1.54, 1.807) is 11.0 Å². The second kappa shape index (κ2) is 7.57. The highest BCUT2D eigenvalue weighted by Gasteiger charge is 2.24. The Bertz CT molecular complexity index is 741. The van der Waals surface area contributed by atoms with Crippen molar-refractivity contribution in [3.8, 4) is 6.07 Å². The van der Waals surface area contributed by atoms with Gasteiger partial charge >= 0.3 is 0 Å². The number of hydrazone groups is 1. The maximum absolute atomic E-state index is 14.3. The van der Waals surface area contributed by atoms with E-state index in [4.69, 9.17) is 16.4 Å². The summed E-state index contributed by atoms with van der Waals surface area (Å²) in [6.45, 7) is 2.88. The van der Waals surface area contributed by atoms with E-state index < -0.39 is 23.2 Å². The van der Waals surface area contributed by atoms with Crippen molar-refractivity contribution >= 4 is 28.8 Å². The van der Waals surface area contributed by atoms with Gasteiger partial charge in [-0.05, 0) is 0 Å². The van der Waals surface area contributed by atoms with E-state index in [0.29, 0.717) is 26.2 Å². The van der Waals surface area contributed by atoms with Crippen LogP contribution in [-0.2, 0) is 4.79 Å². The maximum atomic E-state index is 14.3. The molecular weight excluding hydrogens is 332 g/mol. The Hall–Kier alpha value is -3.22. The Morgan fingerprint density at radius 3 is 2.32 bits per heavy atom. The zero-order valence-corrected chi connectivity index (χ0v) is 13.5. The van der Waals surface area contributed by atoms with Crippen molar-refractivity contribution in [1.29, 1.82) is 10.7 Å². The Balaban J connectivity index is 2.17. The predicted molar refractivity (Wildman–Crippen MR) is 89.4 cm³/mol. The molecule has 2 rings (SSSR count). The molecule has 0 unspecified atom stereocenters. The summed E-state index contributed by atoms with van der Waals surface area (Å²) >= 11 is 0. The van der Waals surface area contributed by atoms with Gasteiger partial charge in [0.2, 0.25) is 11.6 Å². The Morgan fingerprint density at radius 1 is 1.32 bits per heavy atom. The number of benzene rings is 1. The Morgan fingerprint density at radius 2 is 1.88 bits per heavy atom. The van der Waals surface area contributed by atoms with E-state index in [-0.39, 0.29) is 17.3 Å². The quantitative estimate of drug-likeness (QED) is 0.423. The molecule has 1 aliphatic rings. The Labute approximate surface area is 143 Å². The topological polar surface area (TPSA) is 122 Å². The average molecular weight is 349 g/mol. The first-order valence-electron chi connectivity index (χ1n) is 7.41. The molecule has 0 saturated carbocycles. The van der Waals surface area contributed by atoms with Crippen LogP contribution >= 0.6 is 0 Å². The number of nitriles is 1. The summed E-state index contributed by atoms with van der Waals surface area (Å²) in [6.07, 6.45) is 0. The number of halogens is 2. The molecule has 0 atom stereocenters. The summed E-state index contributed by atoms with van der Waals surface area (Å²) in [5.41, 5.74) is 6.84. The summed E-state index contributed by atoms with van der Waals surface area (Å²) in [4.78, 5) is 14.5. The highest BCUT2D eigenvalue weighted by Crippen LogP contribution is 2.28. The van der Waals surface area contributed by atoms with Gasteiger partial charge in [-0.2, -0.15) is 10.4 Å². The number of nitrogens with zero attached hydrogens (tertiary/aromatic N) is 4. The molecule has 1 saturated heterocycles. The van der Waals surface area contributed by atoms with Crippen molar-refractivity contribution in [2.24, 2.45) is 10.8 Å². The van der Waals surface area contributed by atoms with Gasteiger partial charge < -0.3 is 15.5 Å². The normalized spacial score (nSPS) is 14.9. The number of hydrogen-bond acceptors (Lipinski definition) is 6. The summed E-state index contributed by atoms with van der Waals surface area (Å²) in [5, 5.41) is 19.4. The summed E-state index contributed by atoms with van der Waals surface area (Å²) in [6, 6.07) is 3.66. The molecule has 0 spiro atoms. The van der Waals surface area contributed by atoms with Crippen LogP contribution in [0.2, 0.25) is 0 Å². The van der Waals surface area contributed by atoms with Crippen LogP contribution in [0.15, 0.2) is 17.2 Å². The number of anilines is 2. The van der Waals surface area contributed by atoms with Crippen molar-refractivity contribution < 1.29 is 13.6 Å². The van der Waals surface area contributed by atoms with Crippen LogP contribution in [0.3, 0.4) is 0 Å². The summed E-state index contributed by atoms with van der Waals surface area (Å²) in [7, 11) is 0. The standard InChI is InChI=1S/C15H17F2N7O/c1-9(25)23-2-4-24(5-3-23)14-11(16)6-10(7-12(14)17)21-22-13(8-18)15(19)20/h6-7,21H,2-5H2,1H3,(H3,19,20)/b22-13+. The van der Waals surface area contributed by atoms with Gasteiger partial charge in [0.1, 0.15) is 11.8 Å². The molecule has 25 heavy (non-hydrogen) atoms. The van der Waals surface area contributed by atoms with E-state index in [2.05, 4.69) is 10.5 Å². The molecule has 0 radical (unpaired) electrons. The first-order valence-corrected chi connectivity index (χ1v) is 7.41. The number of amidine groups is 1. The number of hydrogen-bond donors (Lipinski definition) is 3. The van der Waals surface area contributed by atoms with Crippen LogP contribution in [0.1, 0.15) is 6.92 Å². The molecular formula is C15H17F2N7O. The van der Waals surface area contributed by atoms with E-state index in [9.17, 15) is 13.6 Å². The smallest absolute Gasteiger partial charge is 0.219 e. The lowest BCUT2D eigenvalue weighted by Crippen LogP contribution is -2.48. The highest BCUT2D eigenvalue weighted by molar-refractivity contribution is 6.45. The number of amides is 1. The lowest BCUT2D eigenvalue weighted by Gasteiger charge is -2.35. The molecule has 1 amide bonds. The van der Waals surface area contributed by atoms with Crippen LogP contribution in [0.4, 0.5) is 20.2 Å². The van der Waals surface area contributed by atoms with E-state index in [1.807, 2.05) is 0 Å². The fraction of sp³-hybridized carbons (Fsp3) is 0.333. The lowest BCUT2D eigenvalue weighted by atomic mass is 10.2. The molecule has 0 aromatic heterocycles. The molecule has 0 aliphatic carbocycles. The number of piperazine rings is 1. The first-order chi connectivity index (χ1) is 11.8. The van der Waals surface area contributed by atoms with Gasteiger partial charge in [0, 0.05) is 45.2 Å². The molecule has 4 N–H and O–H groups in total. The highest BCUT2D eigenvalue weighted by atomic mass is 19.1. The number of nitrogens with two attached hydrogens (primary N) is 1. The monoisotopic (exact) mass is 349 g/mol. The van der Waals surface area contributed by atoms with Gasteiger partial charge in [0.15, 0.2) is 17.5 Å². The molecule has 1 aromatic carbocycles. The van der Waals surface area contributed by atoms with Gasteiger partial charge in [0.25, 0.3) is 0 Å². The van der Waals surface area contributed by atoms with Gasteiger partial charge in [-0.25, -0.2) is 8.78 Å². The van der Waals surface area contributed by atoms with Crippen molar-refractivity contribution in [2.75, 3.05) is 36.5 Å². The van der Waals surface area contributed by atoms with E-state index in [1.165, 1.54) is 11.8 Å². The number of nitrogens with one attached hydrogen (secondary N) is 2. The second-order valence-corrected chi connectivity index (χ2v) is 5.38. The largest absolute Gasteiger partial charge is 0.382 e. The maximum Gasteiger partial charge on any atom is 0.219 e. The third-order valence-electron chi connectivity index (χ3n) is 3.72. The number of rotatable bonds is 4. The van der Waals surface area contributed by atoms with Crippen LogP contribution < -0.4 is 16.1 Å². The van der Waals surface area contributed by atoms with Crippen LogP contribution in [0, 0.1) is 28.4 Å². The van der Waals surface area contributed by atoms with Gasteiger partial charge in [0.05, 0.1) is 5.69 Å². The molecule has 1 aromatic rings. The van der Waals surface area contributed by atoms with Crippen LogP contribution in [-0.4, -0.2) is 48.5 Å². The van der Waals surface area contributed by atoms with Gasteiger partial charge in [-0.15, -0.1) is 0 Å². The van der Waals surface area contributed by atoms with Crippen LogP contribution in [0.5, 0.6) is 0 Å². The number of carbonyl (C=O) groups is 1. The van der Waals surface area contributed by atoms with Crippen LogP contribution in [0.25, 0.3) is 0 Å². The first kappa shape index (κ1) is 18.1. The molecule has 8 nitrogen and oxygen atoms in total. The summed E-state index contributed by atoms with van der Waals surface area (Å²) in [5.74, 6) is -2.22. The minimum atomic E-state index is -0.796. The third kappa shape index (κ3) is 4.20. The van der Waals surface area contributed by atoms with Crippen molar-refractivity contribution in [3.63, 3.8) is 0 Å².